The molecule has 1 aliphatic rings. The van der Waals surface area contributed by atoms with E-state index in [9.17, 15) is 13.6 Å². The zero-order chi connectivity index (χ0) is 14.7. The van der Waals surface area contributed by atoms with Crippen LogP contribution in [0.25, 0.3) is 0 Å². The van der Waals surface area contributed by atoms with E-state index in [1.165, 1.54) is 12.5 Å². The number of benzene rings is 1. The zero-order valence-corrected chi connectivity index (χ0v) is 11.9. The summed E-state index contributed by atoms with van der Waals surface area (Å²) >= 11 is 0. The van der Waals surface area contributed by atoms with Crippen LogP contribution in [0.2, 0.25) is 0 Å². The van der Waals surface area contributed by atoms with Gasteiger partial charge >= 0.3 is 0 Å². The minimum Gasteiger partial charge on any atom is -0.367 e. The molecule has 3 unspecified atom stereocenters. The summed E-state index contributed by atoms with van der Waals surface area (Å²) in [7, 11) is 0. The maximum absolute atomic E-state index is 13.6. The number of carbonyl (C=O) groups excluding carboxylic acids is 1. The van der Waals surface area contributed by atoms with Crippen molar-refractivity contribution in [3.63, 3.8) is 0 Å². The van der Waals surface area contributed by atoms with Crippen LogP contribution in [0.5, 0.6) is 0 Å². The van der Waals surface area contributed by atoms with Crippen LogP contribution in [0.4, 0.5) is 8.78 Å². The maximum Gasteiger partial charge on any atom is 0.194 e. The lowest BCUT2D eigenvalue weighted by Gasteiger charge is -2.29. The van der Waals surface area contributed by atoms with Crippen molar-refractivity contribution in [2.75, 3.05) is 0 Å². The van der Waals surface area contributed by atoms with Gasteiger partial charge in [0, 0.05) is 6.07 Å². The first kappa shape index (κ1) is 15.1. The topological polar surface area (TPSA) is 26.3 Å². The Morgan fingerprint density at radius 2 is 2.10 bits per heavy atom. The van der Waals surface area contributed by atoms with Crippen LogP contribution in [0.15, 0.2) is 18.2 Å². The molecule has 0 heterocycles. The zero-order valence-electron chi connectivity index (χ0n) is 11.9. The Morgan fingerprint density at radius 1 is 1.35 bits per heavy atom. The summed E-state index contributed by atoms with van der Waals surface area (Å²) in [5, 5.41) is 0. The van der Waals surface area contributed by atoms with Gasteiger partial charge in [-0.15, -0.1) is 0 Å². The first-order chi connectivity index (χ1) is 9.47. The third-order valence-electron chi connectivity index (χ3n) is 3.85. The van der Waals surface area contributed by atoms with Gasteiger partial charge in [-0.25, -0.2) is 8.78 Å². The number of hydrogen-bond acceptors (Lipinski definition) is 2. The first-order valence-electron chi connectivity index (χ1n) is 7.12. The Kier molecular flexibility index (Phi) is 4.86. The lowest BCUT2D eigenvalue weighted by atomic mass is 9.88. The SMILES string of the molecule is CC1CCCC(OC(C)C(=O)c2ccc(F)cc2F)C1. The number of rotatable bonds is 4. The van der Waals surface area contributed by atoms with Gasteiger partial charge in [0.1, 0.15) is 17.7 Å². The Balaban J connectivity index is 2.01. The largest absolute Gasteiger partial charge is 0.367 e. The number of Topliss-reactive ketones (excluding diaryl/α,β-unsaturated/α-hetero) is 1. The van der Waals surface area contributed by atoms with E-state index in [4.69, 9.17) is 4.74 Å². The van der Waals surface area contributed by atoms with E-state index in [1.807, 2.05) is 0 Å². The van der Waals surface area contributed by atoms with Crippen LogP contribution in [-0.2, 0) is 4.74 Å². The number of hydrogen-bond donors (Lipinski definition) is 0. The van der Waals surface area contributed by atoms with Gasteiger partial charge in [-0.05, 0) is 37.8 Å². The van der Waals surface area contributed by atoms with Crippen molar-refractivity contribution in [1.29, 1.82) is 0 Å². The molecule has 4 heteroatoms. The fourth-order valence-corrected chi connectivity index (χ4v) is 2.76. The van der Waals surface area contributed by atoms with E-state index in [0.717, 1.165) is 31.4 Å². The van der Waals surface area contributed by atoms with Crippen molar-refractivity contribution in [3.05, 3.63) is 35.4 Å². The highest BCUT2D eigenvalue weighted by atomic mass is 19.1. The third kappa shape index (κ3) is 3.63. The average Bonchev–Trinajstić information content (AvgIpc) is 2.38. The van der Waals surface area contributed by atoms with Crippen molar-refractivity contribution < 1.29 is 18.3 Å². The molecule has 0 radical (unpaired) electrons. The lowest BCUT2D eigenvalue weighted by Crippen LogP contribution is -2.30. The van der Waals surface area contributed by atoms with Crippen LogP contribution >= 0.6 is 0 Å². The minimum atomic E-state index is -0.831. The van der Waals surface area contributed by atoms with Gasteiger partial charge < -0.3 is 4.74 Å². The minimum absolute atomic E-state index is 0.0567. The smallest absolute Gasteiger partial charge is 0.194 e. The Morgan fingerprint density at radius 3 is 2.75 bits per heavy atom. The van der Waals surface area contributed by atoms with E-state index in [2.05, 4.69) is 6.92 Å². The molecule has 1 aromatic rings. The van der Waals surface area contributed by atoms with Gasteiger partial charge in [0.15, 0.2) is 5.78 Å². The second-order valence-corrected chi connectivity index (χ2v) is 5.66. The van der Waals surface area contributed by atoms with Gasteiger partial charge in [-0.2, -0.15) is 0 Å². The number of carbonyl (C=O) groups is 1. The molecule has 0 amide bonds. The van der Waals surface area contributed by atoms with Gasteiger partial charge in [-0.1, -0.05) is 19.8 Å². The molecule has 0 N–H and O–H groups in total. The summed E-state index contributed by atoms with van der Waals surface area (Å²) in [6.45, 7) is 3.80. The average molecular weight is 282 g/mol. The molecule has 1 saturated carbocycles. The molecule has 0 aromatic heterocycles. The monoisotopic (exact) mass is 282 g/mol. The summed E-state index contributed by atoms with van der Waals surface area (Å²) in [5.41, 5.74) is -0.109. The molecule has 3 atom stereocenters. The molecule has 0 bridgehead atoms. The van der Waals surface area contributed by atoms with E-state index >= 15 is 0 Å². The standard InChI is InChI=1S/C16H20F2O2/c1-10-4-3-5-13(8-10)20-11(2)16(19)14-7-6-12(17)9-15(14)18/h6-7,9-11,13H,3-5,8H2,1-2H3. The second kappa shape index (κ2) is 6.44. The highest BCUT2D eigenvalue weighted by Crippen LogP contribution is 2.27. The van der Waals surface area contributed by atoms with Crippen molar-refractivity contribution in [1.82, 2.24) is 0 Å². The Labute approximate surface area is 118 Å². The molecule has 2 rings (SSSR count). The predicted molar refractivity (Wildman–Crippen MR) is 72.7 cm³/mol. The Hall–Kier alpha value is -1.29. The van der Waals surface area contributed by atoms with E-state index in [1.54, 1.807) is 6.92 Å². The second-order valence-electron chi connectivity index (χ2n) is 5.66. The van der Waals surface area contributed by atoms with Crippen LogP contribution in [0, 0.1) is 17.6 Å². The van der Waals surface area contributed by atoms with Gasteiger partial charge in [0.25, 0.3) is 0 Å². The third-order valence-corrected chi connectivity index (χ3v) is 3.85. The van der Waals surface area contributed by atoms with E-state index < -0.39 is 23.5 Å². The normalized spacial score (nSPS) is 24.4. The fraction of sp³-hybridized carbons (Fsp3) is 0.562. The molecule has 0 spiro atoms. The Bertz CT molecular complexity index is 487. The van der Waals surface area contributed by atoms with Crippen LogP contribution in [0.3, 0.4) is 0 Å². The van der Waals surface area contributed by atoms with Crippen molar-refractivity contribution in [3.8, 4) is 0 Å². The number of ketones is 1. The highest BCUT2D eigenvalue weighted by Gasteiger charge is 2.26. The van der Waals surface area contributed by atoms with Crippen LogP contribution in [0.1, 0.15) is 49.9 Å². The van der Waals surface area contributed by atoms with Gasteiger partial charge in [0.2, 0.25) is 0 Å². The van der Waals surface area contributed by atoms with Crippen molar-refractivity contribution >= 4 is 5.78 Å². The highest BCUT2D eigenvalue weighted by molar-refractivity contribution is 5.99. The molecule has 1 aromatic carbocycles. The van der Waals surface area contributed by atoms with Crippen molar-refractivity contribution in [2.24, 2.45) is 5.92 Å². The van der Waals surface area contributed by atoms with E-state index in [-0.39, 0.29) is 11.7 Å². The summed E-state index contributed by atoms with van der Waals surface area (Å²) in [5.74, 6) is -1.35. The van der Waals surface area contributed by atoms with Gasteiger partial charge in [-0.3, -0.25) is 4.79 Å². The quantitative estimate of drug-likeness (QED) is 0.776. The number of ether oxygens (including phenoxy) is 1. The molecule has 1 fully saturated rings. The molecular weight excluding hydrogens is 262 g/mol. The molecule has 110 valence electrons. The van der Waals surface area contributed by atoms with E-state index in [0.29, 0.717) is 5.92 Å². The maximum atomic E-state index is 13.6. The van der Waals surface area contributed by atoms with Crippen LogP contribution in [-0.4, -0.2) is 18.0 Å². The summed E-state index contributed by atoms with van der Waals surface area (Å²) in [6.07, 6.45) is 3.51. The molecule has 1 aliphatic carbocycles. The molecular formula is C16H20F2O2. The van der Waals surface area contributed by atoms with Gasteiger partial charge in [0.05, 0.1) is 11.7 Å². The molecule has 0 aliphatic heterocycles. The van der Waals surface area contributed by atoms with Crippen LogP contribution < -0.4 is 0 Å². The summed E-state index contributed by atoms with van der Waals surface area (Å²) in [4.78, 5) is 12.1. The summed E-state index contributed by atoms with van der Waals surface area (Å²) < 4.78 is 32.2. The molecule has 2 nitrogen and oxygen atoms in total. The number of halogens is 2. The first-order valence-corrected chi connectivity index (χ1v) is 7.12. The predicted octanol–water partition coefficient (Wildman–Crippen LogP) is 4.13. The molecule has 0 saturated heterocycles. The van der Waals surface area contributed by atoms with Crippen molar-refractivity contribution in [2.45, 2.75) is 51.7 Å². The lowest BCUT2D eigenvalue weighted by molar-refractivity contribution is -0.0202. The summed E-state index contributed by atoms with van der Waals surface area (Å²) in [6, 6.07) is 2.99. The fourth-order valence-electron chi connectivity index (χ4n) is 2.76. The molecule has 20 heavy (non-hydrogen) atoms.